The van der Waals surface area contributed by atoms with Crippen molar-refractivity contribution in [2.75, 3.05) is 0 Å². The molecule has 10 aromatic rings. The van der Waals surface area contributed by atoms with Gasteiger partial charge in [0.1, 0.15) is 0 Å². The molecule has 0 fully saturated rings. The summed E-state index contributed by atoms with van der Waals surface area (Å²) in [6.07, 6.45) is 4.55. The van der Waals surface area contributed by atoms with Crippen LogP contribution in [-0.4, -0.2) is 16.6 Å². The molecule has 1 unspecified atom stereocenters. The Morgan fingerprint density at radius 1 is 0.519 bits per heavy atom. The van der Waals surface area contributed by atoms with Crippen LogP contribution < -0.4 is 5.32 Å². The lowest BCUT2D eigenvalue weighted by Gasteiger charge is -2.32. The monoisotopic (exact) mass is 705 g/mol. The van der Waals surface area contributed by atoms with E-state index < -0.39 is 0 Å². The molecule has 1 atom stereocenters. The van der Waals surface area contributed by atoms with Gasteiger partial charge in [-0.15, -0.1) is 11.3 Å². The first-order valence-electron chi connectivity index (χ1n) is 18.5. The number of rotatable bonds is 2. The largest absolute Gasteiger partial charge is 0.345 e. The van der Waals surface area contributed by atoms with Crippen LogP contribution >= 0.6 is 11.3 Å². The highest BCUT2D eigenvalue weighted by Gasteiger charge is 2.31. The number of nitrogens with one attached hydrogen (secondary N) is 1. The van der Waals surface area contributed by atoms with E-state index in [-0.39, 0.29) is 6.04 Å². The predicted octanol–water partition coefficient (Wildman–Crippen LogP) is 12.9. The Hall–Kier alpha value is -6.75. The van der Waals surface area contributed by atoms with Crippen LogP contribution in [0.25, 0.3) is 92.0 Å². The Balaban J connectivity index is 1.11. The number of para-hydroxylation sites is 1. The van der Waals surface area contributed by atoms with Gasteiger partial charge in [-0.2, -0.15) is 0 Å². The fourth-order valence-corrected chi connectivity index (χ4v) is 10.0. The first-order valence-corrected chi connectivity index (χ1v) is 19.3. The highest BCUT2D eigenvalue weighted by atomic mass is 32.1. The molecule has 1 aliphatic heterocycles. The zero-order chi connectivity index (χ0) is 35.3. The van der Waals surface area contributed by atoms with Crippen molar-refractivity contribution >= 4 is 98.2 Å². The van der Waals surface area contributed by atoms with Crippen LogP contribution in [0.5, 0.6) is 0 Å². The van der Waals surface area contributed by atoms with Gasteiger partial charge in [0.05, 0.1) is 22.8 Å². The van der Waals surface area contributed by atoms with Gasteiger partial charge in [0.25, 0.3) is 0 Å². The summed E-state index contributed by atoms with van der Waals surface area (Å²) in [6.45, 7) is 0. The van der Waals surface area contributed by atoms with Crippen LogP contribution in [0.3, 0.4) is 0 Å². The SMILES string of the molecule is C1=CC2NC(n3c4ccccc4c4cc5ccc6c7ccccc7sc6c5cc43)=NC(c3ccc4cc(-c5ccccc5)ccc4c3)=C2c2ccccc21. The van der Waals surface area contributed by atoms with Gasteiger partial charge in [-0.25, -0.2) is 4.99 Å². The fraction of sp³-hybridized carbons (Fsp3) is 0.0200. The van der Waals surface area contributed by atoms with E-state index in [9.17, 15) is 0 Å². The molecule has 0 saturated carbocycles. The van der Waals surface area contributed by atoms with Gasteiger partial charge in [0, 0.05) is 47.5 Å². The van der Waals surface area contributed by atoms with Crippen molar-refractivity contribution < 1.29 is 0 Å². The molecule has 0 spiro atoms. The van der Waals surface area contributed by atoms with E-state index in [2.05, 4.69) is 186 Å². The van der Waals surface area contributed by atoms with Crippen LogP contribution in [-0.2, 0) is 0 Å². The van der Waals surface area contributed by atoms with Crippen LogP contribution in [0.2, 0.25) is 0 Å². The number of fused-ring (bicyclic) bond motifs is 12. The van der Waals surface area contributed by atoms with Gasteiger partial charge in [-0.3, -0.25) is 4.57 Å². The maximum atomic E-state index is 5.64. The number of thiophene rings is 1. The number of benzene rings is 8. The van der Waals surface area contributed by atoms with Crippen molar-refractivity contribution in [1.82, 2.24) is 9.88 Å². The third-order valence-electron chi connectivity index (χ3n) is 11.4. The van der Waals surface area contributed by atoms with Gasteiger partial charge < -0.3 is 5.32 Å². The molecule has 2 aliphatic rings. The molecule has 3 nitrogen and oxygen atoms in total. The highest BCUT2D eigenvalue weighted by molar-refractivity contribution is 7.26. The van der Waals surface area contributed by atoms with Gasteiger partial charge in [-0.1, -0.05) is 140 Å². The van der Waals surface area contributed by atoms with Crippen molar-refractivity contribution in [3.8, 4) is 11.1 Å². The normalized spacial score (nSPS) is 15.3. The summed E-state index contributed by atoms with van der Waals surface area (Å²) in [5, 5.41) is 13.9. The molecule has 0 amide bonds. The molecule has 12 rings (SSSR count). The van der Waals surface area contributed by atoms with Gasteiger partial charge >= 0.3 is 0 Å². The van der Waals surface area contributed by atoms with Crippen molar-refractivity contribution in [2.24, 2.45) is 4.99 Å². The van der Waals surface area contributed by atoms with Gasteiger partial charge in [-0.05, 0) is 74.8 Å². The van der Waals surface area contributed by atoms with Crippen molar-refractivity contribution in [1.29, 1.82) is 0 Å². The minimum Gasteiger partial charge on any atom is -0.345 e. The Bertz CT molecular complexity index is 3300. The van der Waals surface area contributed by atoms with Crippen molar-refractivity contribution in [3.63, 3.8) is 0 Å². The van der Waals surface area contributed by atoms with Crippen LogP contribution in [0.15, 0.2) is 175 Å². The molecule has 252 valence electrons. The molecule has 54 heavy (non-hydrogen) atoms. The number of hydrogen-bond donors (Lipinski definition) is 1. The molecule has 4 heteroatoms. The molecule has 3 heterocycles. The Kier molecular flexibility index (Phi) is 6.27. The lowest BCUT2D eigenvalue weighted by molar-refractivity contribution is 0.853. The van der Waals surface area contributed by atoms with Crippen molar-refractivity contribution in [2.45, 2.75) is 6.04 Å². The summed E-state index contributed by atoms with van der Waals surface area (Å²) in [5.41, 5.74) is 10.5. The first kappa shape index (κ1) is 29.8. The maximum absolute atomic E-state index is 5.64. The third kappa shape index (κ3) is 4.38. The number of aliphatic imine (C=N–C) groups is 1. The molecule has 2 aromatic heterocycles. The zero-order valence-corrected chi connectivity index (χ0v) is 29.9. The predicted molar refractivity (Wildman–Crippen MR) is 231 cm³/mol. The van der Waals surface area contributed by atoms with Crippen molar-refractivity contribution in [3.05, 3.63) is 187 Å². The Morgan fingerprint density at radius 3 is 2.17 bits per heavy atom. The standard InChI is InChI=1S/C50H31N3S/c1-2-10-30(11-3-1)32-18-19-34-27-36(21-20-33(34)26-32)48-47-37-13-5-4-12-31(37)23-25-43(47)51-50(52-48)53-44-16-8-6-14-38(44)42-28-35-22-24-40-39-15-7-9-17-46(39)54-49(40)41(35)29-45(42)53/h1-29,43H,(H,51,52). The van der Waals surface area contributed by atoms with E-state index in [4.69, 9.17) is 4.99 Å². The zero-order valence-electron chi connectivity index (χ0n) is 29.1. The summed E-state index contributed by atoms with van der Waals surface area (Å²) in [5.74, 6) is 0.830. The summed E-state index contributed by atoms with van der Waals surface area (Å²) in [6, 6.07) is 59.7. The Morgan fingerprint density at radius 2 is 1.26 bits per heavy atom. The quantitative estimate of drug-likeness (QED) is 0.191. The lowest BCUT2D eigenvalue weighted by Crippen LogP contribution is -2.42. The van der Waals surface area contributed by atoms with Gasteiger partial charge in [0.2, 0.25) is 5.96 Å². The van der Waals surface area contributed by atoms with Crippen LogP contribution in [0.4, 0.5) is 0 Å². The van der Waals surface area contributed by atoms with E-state index in [1.807, 2.05) is 11.3 Å². The smallest absolute Gasteiger partial charge is 0.209 e. The van der Waals surface area contributed by atoms with E-state index in [0.717, 1.165) is 28.3 Å². The topological polar surface area (TPSA) is 29.3 Å². The van der Waals surface area contributed by atoms with Crippen LogP contribution in [0, 0.1) is 0 Å². The first-order chi connectivity index (χ1) is 26.7. The van der Waals surface area contributed by atoms with E-state index in [0.29, 0.717) is 0 Å². The molecule has 1 aliphatic carbocycles. The summed E-state index contributed by atoms with van der Waals surface area (Å²) < 4.78 is 5.00. The Labute approximate surface area is 315 Å². The molecular weight excluding hydrogens is 675 g/mol. The summed E-state index contributed by atoms with van der Waals surface area (Å²) in [4.78, 5) is 5.64. The number of hydrogen-bond acceptors (Lipinski definition) is 3. The minimum atomic E-state index is -0.0514. The molecule has 1 N–H and O–H groups in total. The molecule has 8 aromatic carbocycles. The van der Waals surface area contributed by atoms with E-state index in [1.165, 1.54) is 80.3 Å². The average Bonchev–Trinajstić information content (AvgIpc) is 3.78. The minimum absolute atomic E-state index is 0.0514. The second-order valence-corrected chi connectivity index (χ2v) is 15.4. The lowest BCUT2D eigenvalue weighted by atomic mass is 9.85. The average molecular weight is 706 g/mol. The molecule has 0 radical (unpaired) electrons. The van der Waals surface area contributed by atoms with E-state index >= 15 is 0 Å². The summed E-state index contributed by atoms with van der Waals surface area (Å²) in [7, 11) is 0. The third-order valence-corrected chi connectivity index (χ3v) is 12.6. The second kappa shape index (κ2) is 11.4. The maximum Gasteiger partial charge on any atom is 0.209 e. The molecule has 0 bridgehead atoms. The summed E-state index contributed by atoms with van der Waals surface area (Å²) >= 11 is 1.88. The fourth-order valence-electron chi connectivity index (χ4n) is 8.82. The molecule has 0 saturated heterocycles. The van der Waals surface area contributed by atoms with Gasteiger partial charge in [0.15, 0.2) is 0 Å². The van der Waals surface area contributed by atoms with E-state index in [1.54, 1.807) is 0 Å². The second-order valence-electron chi connectivity index (χ2n) is 14.4. The number of aromatic nitrogens is 1. The van der Waals surface area contributed by atoms with Crippen LogP contribution in [0.1, 0.15) is 16.7 Å². The highest BCUT2D eigenvalue weighted by Crippen LogP contribution is 2.43. The number of nitrogens with zero attached hydrogens (tertiary/aromatic N) is 2. The molecular formula is C50H31N3S.